The molecule has 2 aliphatic heterocycles. The molecular weight excluding hydrogens is 227 g/mol. The molecule has 0 amide bonds. The van der Waals surface area contributed by atoms with E-state index in [1.165, 1.54) is 12.1 Å². The van der Waals surface area contributed by atoms with Crippen LogP contribution in [0.5, 0.6) is 5.75 Å². The van der Waals surface area contributed by atoms with Crippen molar-refractivity contribution in [1.29, 1.82) is 0 Å². The first-order chi connectivity index (χ1) is 8.05. The van der Waals surface area contributed by atoms with Crippen LogP contribution in [0.25, 0.3) is 0 Å². The highest BCUT2D eigenvalue weighted by atomic mass is 19.1. The van der Waals surface area contributed by atoms with Crippen molar-refractivity contribution < 1.29 is 24.1 Å². The number of fused-ring (bicyclic) bond motifs is 2. The number of aromatic hydroxyl groups is 1. The van der Waals surface area contributed by atoms with Crippen LogP contribution in [0.2, 0.25) is 0 Å². The molecule has 92 valence electrons. The van der Waals surface area contributed by atoms with Crippen LogP contribution in [-0.4, -0.2) is 29.2 Å². The average molecular weight is 240 g/mol. The zero-order valence-electron chi connectivity index (χ0n) is 9.10. The highest BCUT2D eigenvalue weighted by Crippen LogP contribution is 2.41. The molecule has 4 nitrogen and oxygen atoms in total. The van der Waals surface area contributed by atoms with Gasteiger partial charge in [-0.1, -0.05) is 0 Å². The van der Waals surface area contributed by atoms with Gasteiger partial charge in [-0.3, -0.25) is 0 Å². The topological polar surface area (TPSA) is 58.9 Å². The number of hydrogen-bond acceptors (Lipinski definition) is 4. The van der Waals surface area contributed by atoms with Crippen molar-refractivity contribution in [3.63, 3.8) is 0 Å². The van der Waals surface area contributed by atoms with E-state index in [9.17, 15) is 14.6 Å². The largest absolute Gasteiger partial charge is 0.508 e. The Balaban J connectivity index is 1.96. The minimum absolute atomic E-state index is 0.163. The van der Waals surface area contributed by atoms with E-state index in [1.807, 2.05) is 0 Å². The van der Waals surface area contributed by atoms with Crippen molar-refractivity contribution in [2.45, 2.75) is 30.8 Å². The van der Waals surface area contributed by atoms with Crippen molar-refractivity contribution >= 4 is 0 Å². The van der Waals surface area contributed by atoms with E-state index >= 15 is 0 Å². The maximum atomic E-state index is 13.2. The molecule has 1 aromatic carbocycles. The van der Waals surface area contributed by atoms with Crippen LogP contribution >= 0.6 is 0 Å². The molecule has 0 aromatic heterocycles. The SMILES string of the molecule is Oc1cc(F)cc([C@]2(O)C[C@@H]3CO[C@@H](C2)O3)c1. The van der Waals surface area contributed by atoms with Gasteiger partial charge in [0.15, 0.2) is 6.29 Å². The second kappa shape index (κ2) is 3.66. The van der Waals surface area contributed by atoms with Crippen LogP contribution in [0.3, 0.4) is 0 Å². The van der Waals surface area contributed by atoms with Gasteiger partial charge in [0.2, 0.25) is 0 Å². The molecule has 0 spiro atoms. The number of rotatable bonds is 1. The summed E-state index contributed by atoms with van der Waals surface area (Å²) >= 11 is 0. The lowest BCUT2D eigenvalue weighted by atomic mass is 9.84. The summed E-state index contributed by atoms with van der Waals surface area (Å²) in [6.45, 7) is 0.453. The Kier molecular flexibility index (Phi) is 2.36. The second-order valence-corrected chi connectivity index (χ2v) is 4.66. The van der Waals surface area contributed by atoms with Crippen molar-refractivity contribution in [3.05, 3.63) is 29.6 Å². The van der Waals surface area contributed by atoms with E-state index in [0.29, 0.717) is 18.6 Å². The zero-order chi connectivity index (χ0) is 12.0. The normalized spacial score (nSPS) is 36.1. The summed E-state index contributed by atoms with van der Waals surface area (Å²) in [5.41, 5.74) is -0.817. The summed E-state index contributed by atoms with van der Waals surface area (Å²) < 4.78 is 24.0. The predicted molar refractivity (Wildman–Crippen MR) is 55.8 cm³/mol. The lowest BCUT2D eigenvalue weighted by Crippen LogP contribution is -2.39. The molecule has 17 heavy (non-hydrogen) atoms. The third-order valence-corrected chi connectivity index (χ3v) is 3.30. The second-order valence-electron chi connectivity index (χ2n) is 4.66. The van der Waals surface area contributed by atoms with Gasteiger partial charge in [-0.05, 0) is 17.7 Å². The summed E-state index contributed by atoms with van der Waals surface area (Å²) in [6.07, 6.45) is 0.00650. The fraction of sp³-hybridized carbons (Fsp3) is 0.500. The summed E-state index contributed by atoms with van der Waals surface area (Å²) in [5, 5.41) is 19.9. The van der Waals surface area contributed by atoms with E-state index in [0.717, 1.165) is 6.07 Å². The average Bonchev–Trinajstić information content (AvgIpc) is 2.57. The quantitative estimate of drug-likeness (QED) is 0.775. The molecule has 2 fully saturated rings. The van der Waals surface area contributed by atoms with Crippen LogP contribution in [0, 0.1) is 5.82 Å². The first-order valence-electron chi connectivity index (χ1n) is 5.55. The Morgan fingerprint density at radius 1 is 1.29 bits per heavy atom. The zero-order valence-corrected chi connectivity index (χ0v) is 9.10. The number of ether oxygens (including phenoxy) is 2. The number of phenols is 1. The van der Waals surface area contributed by atoms with Crippen molar-refractivity contribution in [1.82, 2.24) is 0 Å². The summed E-state index contributed by atoms with van der Waals surface area (Å²) in [4.78, 5) is 0. The maximum absolute atomic E-state index is 13.2. The van der Waals surface area contributed by atoms with Crippen LogP contribution in [-0.2, 0) is 15.1 Å². The molecule has 3 atom stereocenters. The van der Waals surface area contributed by atoms with Gasteiger partial charge in [0, 0.05) is 18.9 Å². The maximum Gasteiger partial charge on any atom is 0.161 e. The molecule has 0 radical (unpaired) electrons. The standard InChI is InChI=1S/C12H13FO4/c13-8-1-7(2-9(14)3-8)12(15)4-10-6-16-11(5-12)17-10/h1-3,10-11,14-15H,4-6H2/t10-,11-,12+/m1/s1. The highest BCUT2D eigenvalue weighted by molar-refractivity contribution is 5.33. The smallest absolute Gasteiger partial charge is 0.161 e. The van der Waals surface area contributed by atoms with Gasteiger partial charge < -0.3 is 19.7 Å². The Labute approximate surface area is 97.6 Å². The van der Waals surface area contributed by atoms with Crippen LogP contribution in [0.4, 0.5) is 4.39 Å². The fourth-order valence-electron chi connectivity index (χ4n) is 2.54. The van der Waals surface area contributed by atoms with Crippen LogP contribution < -0.4 is 0 Å². The Bertz CT molecular complexity index is 416. The highest BCUT2D eigenvalue weighted by Gasteiger charge is 2.45. The molecule has 3 rings (SSSR count). The van der Waals surface area contributed by atoms with Crippen LogP contribution in [0.15, 0.2) is 18.2 Å². The molecule has 1 aromatic rings. The lowest BCUT2D eigenvalue weighted by molar-refractivity contribution is -0.159. The number of halogens is 1. The van der Waals surface area contributed by atoms with Gasteiger partial charge in [0.05, 0.1) is 18.3 Å². The monoisotopic (exact) mass is 240 g/mol. The van der Waals surface area contributed by atoms with Crippen molar-refractivity contribution in [2.75, 3.05) is 6.61 Å². The van der Waals surface area contributed by atoms with Gasteiger partial charge in [-0.25, -0.2) is 4.39 Å². The van der Waals surface area contributed by atoms with E-state index in [-0.39, 0.29) is 18.3 Å². The molecular formula is C12H13FO4. The molecule has 0 aliphatic carbocycles. The first kappa shape index (κ1) is 11.0. The third kappa shape index (κ3) is 1.90. The molecule has 0 saturated carbocycles. The number of aliphatic hydroxyl groups is 1. The van der Waals surface area contributed by atoms with Gasteiger partial charge >= 0.3 is 0 Å². The van der Waals surface area contributed by atoms with Gasteiger partial charge in [-0.15, -0.1) is 0 Å². The van der Waals surface area contributed by atoms with Gasteiger partial charge in [-0.2, -0.15) is 0 Å². The Morgan fingerprint density at radius 3 is 2.82 bits per heavy atom. The molecule has 0 unspecified atom stereocenters. The van der Waals surface area contributed by atoms with E-state index < -0.39 is 17.7 Å². The van der Waals surface area contributed by atoms with Gasteiger partial charge in [0.1, 0.15) is 11.6 Å². The lowest BCUT2D eigenvalue weighted by Gasteiger charge is -2.35. The van der Waals surface area contributed by atoms with Crippen LogP contribution in [0.1, 0.15) is 18.4 Å². The van der Waals surface area contributed by atoms with E-state index in [4.69, 9.17) is 9.47 Å². The summed E-state index contributed by atoms with van der Waals surface area (Å²) in [5.74, 6) is -0.749. The Hall–Kier alpha value is -1.17. The summed E-state index contributed by atoms with van der Waals surface area (Å²) in [7, 11) is 0. The minimum Gasteiger partial charge on any atom is -0.508 e. The van der Waals surface area contributed by atoms with Gasteiger partial charge in [0.25, 0.3) is 0 Å². The molecule has 2 N–H and O–H groups in total. The van der Waals surface area contributed by atoms with E-state index in [2.05, 4.69) is 0 Å². The van der Waals surface area contributed by atoms with Crippen molar-refractivity contribution in [3.8, 4) is 5.75 Å². The number of hydrogen-bond donors (Lipinski definition) is 2. The molecule has 2 aliphatic rings. The molecule has 2 bridgehead atoms. The minimum atomic E-state index is -1.19. The van der Waals surface area contributed by atoms with E-state index in [1.54, 1.807) is 0 Å². The molecule has 5 heteroatoms. The molecule has 2 saturated heterocycles. The number of benzene rings is 1. The number of phenolic OH excluding ortho intramolecular Hbond substituents is 1. The fourth-order valence-corrected chi connectivity index (χ4v) is 2.54. The predicted octanol–water partition coefficient (Wildman–Crippen LogP) is 1.25. The molecule has 2 heterocycles. The summed E-state index contributed by atoms with van der Waals surface area (Å²) in [6, 6.07) is 3.63. The first-order valence-corrected chi connectivity index (χ1v) is 5.55. The van der Waals surface area contributed by atoms with Crippen molar-refractivity contribution in [2.24, 2.45) is 0 Å². The Morgan fingerprint density at radius 2 is 2.12 bits per heavy atom. The third-order valence-electron chi connectivity index (χ3n) is 3.30.